The highest BCUT2D eigenvalue weighted by Crippen LogP contribution is 2.36. The summed E-state index contributed by atoms with van der Waals surface area (Å²) in [6.07, 6.45) is 1.41. The van der Waals surface area contributed by atoms with E-state index in [0.29, 0.717) is 17.9 Å². The normalized spacial score (nSPS) is 24.9. The summed E-state index contributed by atoms with van der Waals surface area (Å²) in [5.74, 6) is 0. The Morgan fingerprint density at radius 2 is 2.38 bits per heavy atom. The van der Waals surface area contributed by atoms with Gasteiger partial charge in [0.25, 0.3) is 0 Å². The monoisotopic (exact) mass is 257 g/mol. The van der Waals surface area contributed by atoms with E-state index in [1.807, 2.05) is 23.9 Å². The van der Waals surface area contributed by atoms with Crippen LogP contribution in [0, 0.1) is 0 Å². The van der Waals surface area contributed by atoms with E-state index in [1.165, 1.54) is 4.90 Å². The van der Waals surface area contributed by atoms with Crippen LogP contribution in [0.2, 0.25) is 5.02 Å². The molecule has 0 amide bonds. The predicted octanol–water partition coefficient (Wildman–Crippen LogP) is 3.07. The summed E-state index contributed by atoms with van der Waals surface area (Å²) in [5.41, 5.74) is 6.78. The molecule has 0 radical (unpaired) electrons. The maximum Gasteiger partial charge on any atom is 0.0669 e. The van der Waals surface area contributed by atoms with Gasteiger partial charge in [0.1, 0.15) is 0 Å². The van der Waals surface area contributed by atoms with Gasteiger partial charge in [-0.1, -0.05) is 17.7 Å². The summed E-state index contributed by atoms with van der Waals surface area (Å²) in [7, 11) is 0. The predicted molar refractivity (Wildman–Crippen MR) is 69.0 cm³/mol. The summed E-state index contributed by atoms with van der Waals surface area (Å²) in [4.78, 5) is 1.19. The van der Waals surface area contributed by atoms with E-state index >= 15 is 0 Å². The lowest BCUT2D eigenvalue weighted by Crippen LogP contribution is -2.13. The van der Waals surface area contributed by atoms with Crippen LogP contribution in [-0.4, -0.2) is 18.0 Å². The van der Waals surface area contributed by atoms with Crippen LogP contribution in [0.25, 0.3) is 0 Å². The Labute approximate surface area is 105 Å². The minimum atomic E-state index is 0.314. The Hall–Kier alpha value is -0.220. The molecule has 88 valence electrons. The van der Waals surface area contributed by atoms with E-state index in [4.69, 9.17) is 22.1 Å². The minimum absolute atomic E-state index is 0.314. The molecule has 2 unspecified atom stereocenters. The van der Waals surface area contributed by atoms with Crippen molar-refractivity contribution in [2.45, 2.75) is 36.1 Å². The minimum Gasteiger partial charge on any atom is -0.377 e. The van der Waals surface area contributed by atoms with Gasteiger partial charge in [-0.05, 0) is 31.0 Å². The maximum absolute atomic E-state index is 6.13. The standard InChI is InChI=1S/C12H16ClNOS/c1-8-11(5-6-15-8)16-12-4-2-3-10(13)9(12)7-14/h2-4,8,11H,5-7,14H2,1H3. The SMILES string of the molecule is CC1OCCC1Sc1cccc(Cl)c1CN. The lowest BCUT2D eigenvalue weighted by molar-refractivity contribution is 0.127. The van der Waals surface area contributed by atoms with Crippen molar-refractivity contribution in [3.05, 3.63) is 28.8 Å². The maximum atomic E-state index is 6.13. The molecule has 16 heavy (non-hydrogen) atoms. The molecule has 1 saturated heterocycles. The summed E-state index contributed by atoms with van der Waals surface area (Å²) in [5, 5.41) is 1.28. The quantitative estimate of drug-likeness (QED) is 0.904. The number of thioether (sulfide) groups is 1. The molecule has 1 aromatic carbocycles. The smallest absolute Gasteiger partial charge is 0.0669 e. The molecule has 1 aliphatic heterocycles. The first-order chi connectivity index (χ1) is 7.72. The number of ether oxygens (including phenoxy) is 1. The van der Waals surface area contributed by atoms with Crippen LogP contribution >= 0.6 is 23.4 Å². The highest BCUT2D eigenvalue weighted by Gasteiger charge is 2.25. The van der Waals surface area contributed by atoms with E-state index in [-0.39, 0.29) is 0 Å². The van der Waals surface area contributed by atoms with E-state index in [0.717, 1.165) is 23.6 Å². The molecular weight excluding hydrogens is 242 g/mol. The fourth-order valence-electron chi connectivity index (χ4n) is 1.88. The molecule has 1 heterocycles. The number of hydrogen-bond acceptors (Lipinski definition) is 3. The van der Waals surface area contributed by atoms with E-state index < -0.39 is 0 Å². The molecule has 1 aromatic rings. The third kappa shape index (κ3) is 2.54. The number of nitrogens with two attached hydrogens (primary N) is 1. The van der Waals surface area contributed by atoms with Gasteiger partial charge in [0.05, 0.1) is 6.10 Å². The first-order valence-corrected chi connectivity index (χ1v) is 6.74. The van der Waals surface area contributed by atoms with Crippen LogP contribution in [0.5, 0.6) is 0 Å². The van der Waals surface area contributed by atoms with Crippen LogP contribution in [0.1, 0.15) is 18.9 Å². The van der Waals surface area contributed by atoms with Gasteiger partial charge in [-0.25, -0.2) is 0 Å². The number of benzene rings is 1. The second-order valence-electron chi connectivity index (χ2n) is 3.94. The van der Waals surface area contributed by atoms with Gasteiger partial charge < -0.3 is 10.5 Å². The second-order valence-corrected chi connectivity index (χ2v) is 5.63. The zero-order chi connectivity index (χ0) is 11.5. The van der Waals surface area contributed by atoms with Crippen LogP contribution < -0.4 is 5.73 Å². The molecule has 1 fully saturated rings. The third-order valence-corrected chi connectivity index (χ3v) is 4.78. The van der Waals surface area contributed by atoms with Gasteiger partial charge >= 0.3 is 0 Å². The van der Waals surface area contributed by atoms with E-state index in [2.05, 4.69) is 13.0 Å². The molecule has 0 spiro atoms. The highest BCUT2D eigenvalue weighted by molar-refractivity contribution is 8.00. The molecule has 0 aromatic heterocycles. The van der Waals surface area contributed by atoms with Crippen molar-refractivity contribution in [3.8, 4) is 0 Å². The first kappa shape index (κ1) is 12.2. The Balaban J connectivity index is 2.17. The number of hydrogen-bond donors (Lipinski definition) is 1. The van der Waals surface area contributed by atoms with Crippen LogP contribution in [-0.2, 0) is 11.3 Å². The molecule has 2 atom stereocenters. The summed E-state index contributed by atoms with van der Waals surface area (Å²) < 4.78 is 5.56. The lowest BCUT2D eigenvalue weighted by Gasteiger charge is -2.16. The molecule has 2 rings (SSSR count). The van der Waals surface area contributed by atoms with E-state index in [1.54, 1.807) is 0 Å². The Morgan fingerprint density at radius 3 is 3.00 bits per heavy atom. The summed E-state index contributed by atoms with van der Waals surface area (Å²) in [6.45, 7) is 3.47. The zero-order valence-electron chi connectivity index (χ0n) is 9.28. The second kappa shape index (κ2) is 5.41. The molecular formula is C12H16ClNOS. The van der Waals surface area contributed by atoms with E-state index in [9.17, 15) is 0 Å². The van der Waals surface area contributed by atoms with Gasteiger partial charge in [-0.2, -0.15) is 0 Å². The number of rotatable bonds is 3. The molecule has 2 nitrogen and oxygen atoms in total. The first-order valence-electron chi connectivity index (χ1n) is 5.48. The zero-order valence-corrected chi connectivity index (χ0v) is 10.9. The average Bonchev–Trinajstić information content (AvgIpc) is 2.65. The Kier molecular flexibility index (Phi) is 4.14. The fourth-order valence-corrected chi connectivity index (χ4v) is 3.49. The molecule has 0 bridgehead atoms. The third-order valence-electron chi connectivity index (χ3n) is 2.87. The van der Waals surface area contributed by atoms with Gasteiger partial charge in [-0.15, -0.1) is 11.8 Å². The topological polar surface area (TPSA) is 35.2 Å². The van der Waals surface area contributed by atoms with Gasteiger partial charge in [0.2, 0.25) is 0 Å². The molecule has 2 N–H and O–H groups in total. The van der Waals surface area contributed by atoms with Crippen molar-refractivity contribution in [2.24, 2.45) is 5.73 Å². The molecule has 4 heteroatoms. The van der Waals surface area contributed by atoms with Crippen LogP contribution in [0.3, 0.4) is 0 Å². The van der Waals surface area contributed by atoms with Crippen molar-refractivity contribution in [2.75, 3.05) is 6.61 Å². The van der Waals surface area contributed by atoms with Crippen molar-refractivity contribution < 1.29 is 4.74 Å². The average molecular weight is 258 g/mol. The largest absolute Gasteiger partial charge is 0.377 e. The van der Waals surface area contributed by atoms with Crippen molar-refractivity contribution >= 4 is 23.4 Å². The number of halogens is 1. The molecule has 0 saturated carbocycles. The van der Waals surface area contributed by atoms with Gasteiger partial charge in [0, 0.05) is 28.3 Å². The van der Waals surface area contributed by atoms with Crippen LogP contribution in [0.15, 0.2) is 23.1 Å². The lowest BCUT2D eigenvalue weighted by atomic mass is 10.2. The molecule has 0 aliphatic carbocycles. The summed E-state index contributed by atoms with van der Waals surface area (Å²) in [6, 6.07) is 5.95. The fraction of sp³-hybridized carbons (Fsp3) is 0.500. The molecule has 1 aliphatic rings. The van der Waals surface area contributed by atoms with Crippen molar-refractivity contribution in [3.63, 3.8) is 0 Å². The van der Waals surface area contributed by atoms with Crippen molar-refractivity contribution in [1.29, 1.82) is 0 Å². The van der Waals surface area contributed by atoms with Crippen LogP contribution in [0.4, 0.5) is 0 Å². The highest BCUT2D eigenvalue weighted by atomic mass is 35.5. The Morgan fingerprint density at radius 1 is 1.56 bits per heavy atom. The summed E-state index contributed by atoms with van der Waals surface area (Å²) >= 11 is 7.96. The van der Waals surface area contributed by atoms with Crippen molar-refractivity contribution in [1.82, 2.24) is 0 Å². The van der Waals surface area contributed by atoms with Gasteiger partial charge in [0.15, 0.2) is 0 Å². The van der Waals surface area contributed by atoms with Gasteiger partial charge in [-0.3, -0.25) is 0 Å². The Bertz CT molecular complexity index is 372.